The van der Waals surface area contributed by atoms with E-state index in [2.05, 4.69) is 4.74 Å². The Balaban J connectivity index is 2.06. The quantitative estimate of drug-likeness (QED) is 0.776. The lowest BCUT2D eigenvalue weighted by Crippen LogP contribution is -2.23. The fourth-order valence-electron chi connectivity index (χ4n) is 2.22. The second kappa shape index (κ2) is 5.11. The van der Waals surface area contributed by atoms with Crippen molar-refractivity contribution in [3.63, 3.8) is 0 Å². The molecule has 19 heavy (non-hydrogen) atoms. The third-order valence-corrected chi connectivity index (χ3v) is 3.28. The Hall–Kier alpha value is -1.72. The molecule has 1 aromatic carbocycles. The van der Waals surface area contributed by atoms with Crippen LogP contribution in [0.15, 0.2) is 24.3 Å². The summed E-state index contributed by atoms with van der Waals surface area (Å²) in [6, 6.07) is 4.98. The summed E-state index contributed by atoms with van der Waals surface area (Å²) in [5, 5.41) is 0. The Morgan fingerprint density at radius 2 is 1.95 bits per heavy atom. The number of hydrogen-bond acceptors (Lipinski definition) is 3. The van der Waals surface area contributed by atoms with Crippen molar-refractivity contribution >= 4 is 11.7 Å². The molecule has 1 aliphatic rings. The number of rotatable bonds is 2. The number of hydrogen-bond donors (Lipinski definition) is 0. The molecule has 1 unspecified atom stereocenters. The summed E-state index contributed by atoms with van der Waals surface area (Å²) in [5.74, 6) is -0.471. The van der Waals surface area contributed by atoms with Crippen LogP contribution in [0.4, 0.5) is 18.9 Å². The van der Waals surface area contributed by atoms with Crippen LogP contribution >= 0.6 is 0 Å². The molecule has 2 rings (SSSR count). The minimum Gasteiger partial charge on any atom is -0.469 e. The molecule has 0 N–H and O–H groups in total. The number of ether oxygens (including phenoxy) is 1. The normalized spacial score (nSPS) is 19.6. The van der Waals surface area contributed by atoms with E-state index in [-0.39, 0.29) is 11.9 Å². The van der Waals surface area contributed by atoms with Gasteiger partial charge >= 0.3 is 12.1 Å². The van der Waals surface area contributed by atoms with Crippen molar-refractivity contribution in [2.45, 2.75) is 12.6 Å². The molecule has 1 heterocycles. The van der Waals surface area contributed by atoms with E-state index in [9.17, 15) is 18.0 Å². The van der Waals surface area contributed by atoms with E-state index >= 15 is 0 Å². The van der Waals surface area contributed by atoms with Gasteiger partial charge in [-0.1, -0.05) is 0 Å². The van der Waals surface area contributed by atoms with Gasteiger partial charge in [-0.05, 0) is 30.7 Å². The Bertz CT molecular complexity index is 456. The number of esters is 1. The molecule has 0 spiro atoms. The predicted octanol–water partition coefficient (Wildman–Crippen LogP) is 2.70. The number of anilines is 1. The number of methoxy groups -OCH3 is 1. The molecule has 104 valence electrons. The third kappa shape index (κ3) is 3.00. The summed E-state index contributed by atoms with van der Waals surface area (Å²) in [5.41, 5.74) is 0.0272. The van der Waals surface area contributed by atoms with Crippen molar-refractivity contribution in [1.82, 2.24) is 0 Å². The van der Waals surface area contributed by atoms with Crippen molar-refractivity contribution in [3.05, 3.63) is 29.8 Å². The molecule has 1 fully saturated rings. The van der Waals surface area contributed by atoms with Crippen LogP contribution in [0.5, 0.6) is 0 Å². The van der Waals surface area contributed by atoms with Gasteiger partial charge in [0.15, 0.2) is 0 Å². The van der Waals surface area contributed by atoms with Crippen molar-refractivity contribution < 1.29 is 22.7 Å². The summed E-state index contributed by atoms with van der Waals surface area (Å²) >= 11 is 0. The summed E-state index contributed by atoms with van der Waals surface area (Å²) < 4.78 is 42.0. The minimum absolute atomic E-state index is 0.202. The van der Waals surface area contributed by atoms with Crippen LogP contribution in [-0.4, -0.2) is 26.2 Å². The highest BCUT2D eigenvalue weighted by atomic mass is 19.4. The van der Waals surface area contributed by atoms with Gasteiger partial charge in [-0.3, -0.25) is 4.79 Å². The molecule has 0 amide bonds. The summed E-state index contributed by atoms with van der Waals surface area (Å²) in [6.07, 6.45) is -3.66. The Morgan fingerprint density at radius 1 is 1.32 bits per heavy atom. The predicted molar refractivity (Wildman–Crippen MR) is 63.8 cm³/mol. The first kappa shape index (κ1) is 13.7. The molecule has 1 atom stereocenters. The molecule has 0 bridgehead atoms. The second-order valence-corrected chi connectivity index (χ2v) is 4.50. The van der Waals surface area contributed by atoms with Crippen molar-refractivity contribution in [2.24, 2.45) is 5.92 Å². The highest BCUT2D eigenvalue weighted by molar-refractivity contribution is 5.74. The maximum Gasteiger partial charge on any atom is 0.416 e. The SMILES string of the molecule is COC(=O)C1CCN(c2ccc(C(F)(F)F)cc2)C1. The zero-order chi connectivity index (χ0) is 14.0. The zero-order valence-electron chi connectivity index (χ0n) is 10.4. The van der Waals surface area contributed by atoms with Gasteiger partial charge in [-0.2, -0.15) is 13.2 Å². The Kier molecular flexibility index (Phi) is 3.68. The fraction of sp³-hybridized carbons (Fsp3) is 0.462. The smallest absolute Gasteiger partial charge is 0.416 e. The molecular formula is C13H14F3NO2. The van der Waals surface area contributed by atoms with Crippen LogP contribution in [0.1, 0.15) is 12.0 Å². The number of benzene rings is 1. The highest BCUT2D eigenvalue weighted by Crippen LogP contribution is 2.31. The number of nitrogens with zero attached hydrogens (tertiary/aromatic N) is 1. The Labute approximate surface area is 109 Å². The molecule has 0 saturated carbocycles. The van der Waals surface area contributed by atoms with E-state index in [0.29, 0.717) is 25.2 Å². The summed E-state index contributed by atoms with van der Waals surface area (Å²) in [7, 11) is 1.34. The van der Waals surface area contributed by atoms with Gasteiger partial charge in [-0.15, -0.1) is 0 Å². The van der Waals surface area contributed by atoms with E-state index in [1.165, 1.54) is 19.2 Å². The van der Waals surface area contributed by atoms with Crippen molar-refractivity contribution in [3.8, 4) is 0 Å². The second-order valence-electron chi connectivity index (χ2n) is 4.50. The molecule has 0 aromatic heterocycles. The third-order valence-electron chi connectivity index (χ3n) is 3.28. The molecule has 1 aromatic rings. The first-order chi connectivity index (χ1) is 8.91. The lowest BCUT2D eigenvalue weighted by molar-refractivity contribution is -0.144. The number of carbonyl (C=O) groups is 1. The van der Waals surface area contributed by atoms with Crippen LogP contribution in [0, 0.1) is 5.92 Å². The lowest BCUT2D eigenvalue weighted by atomic mass is 10.1. The molecule has 1 saturated heterocycles. The van der Waals surface area contributed by atoms with Gasteiger partial charge in [0.2, 0.25) is 0 Å². The largest absolute Gasteiger partial charge is 0.469 e. The maximum atomic E-state index is 12.4. The van der Waals surface area contributed by atoms with Crippen molar-refractivity contribution in [1.29, 1.82) is 0 Å². The highest BCUT2D eigenvalue weighted by Gasteiger charge is 2.32. The van der Waals surface area contributed by atoms with E-state index in [1.54, 1.807) is 0 Å². The van der Waals surface area contributed by atoms with Crippen LogP contribution in [-0.2, 0) is 15.7 Å². The molecule has 1 aliphatic heterocycles. The van der Waals surface area contributed by atoms with E-state index in [0.717, 1.165) is 12.1 Å². The summed E-state index contributed by atoms with van der Waals surface area (Å²) in [4.78, 5) is 13.3. The van der Waals surface area contributed by atoms with Crippen LogP contribution in [0.3, 0.4) is 0 Å². The average molecular weight is 273 g/mol. The molecule has 3 nitrogen and oxygen atoms in total. The molecule has 0 aliphatic carbocycles. The number of carbonyl (C=O) groups excluding carboxylic acids is 1. The maximum absolute atomic E-state index is 12.4. The van der Waals surface area contributed by atoms with Gasteiger partial charge in [0.05, 0.1) is 18.6 Å². The molecule has 6 heteroatoms. The topological polar surface area (TPSA) is 29.5 Å². The lowest BCUT2D eigenvalue weighted by Gasteiger charge is -2.19. The van der Waals surface area contributed by atoms with E-state index in [4.69, 9.17) is 0 Å². The standard InChI is InChI=1S/C13H14F3NO2/c1-19-12(18)9-6-7-17(8-9)11-4-2-10(3-5-11)13(14,15)16/h2-5,9H,6-8H2,1H3. The van der Waals surface area contributed by atoms with Gasteiger partial charge in [0.25, 0.3) is 0 Å². The first-order valence-corrected chi connectivity index (χ1v) is 5.92. The van der Waals surface area contributed by atoms with Gasteiger partial charge < -0.3 is 9.64 Å². The van der Waals surface area contributed by atoms with Crippen LogP contribution in [0.2, 0.25) is 0 Å². The van der Waals surface area contributed by atoms with Crippen molar-refractivity contribution in [2.75, 3.05) is 25.1 Å². The zero-order valence-corrected chi connectivity index (χ0v) is 10.4. The van der Waals surface area contributed by atoms with Crippen LogP contribution in [0.25, 0.3) is 0 Å². The monoisotopic (exact) mass is 273 g/mol. The van der Waals surface area contributed by atoms with Gasteiger partial charge in [0.1, 0.15) is 0 Å². The Morgan fingerprint density at radius 3 is 2.47 bits per heavy atom. The van der Waals surface area contributed by atoms with Gasteiger partial charge in [-0.25, -0.2) is 0 Å². The van der Waals surface area contributed by atoms with E-state index < -0.39 is 11.7 Å². The summed E-state index contributed by atoms with van der Waals surface area (Å²) in [6.45, 7) is 1.13. The minimum atomic E-state index is -4.32. The van der Waals surface area contributed by atoms with Gasteiger partial charge in [0, 0.05) is 18.8 Å². The average Bonchev–Trinajstić information content (AvgIpc) is 2.86. The number of halogens is 3. The molecular weight excluding hydrogens is 259 g/mol. The van der Waals surface area contributed by atoms with Crippen LogP contribution < -0.4 is 4.90 Å². The molecule has 0 radical (unpaired) electrons. The van der Waals surface area contributed by atoms with E-state index in [1.807, 2.05) is 4.90 Å². The number of alkyl halides is 3. The first-order valence-electron chi connectivity index (χ1n) is 5.92. The fourth-order valence-corrected chi connectivity index (χ4v) is 2.22.